The molecule has 0 radical (unpaired) electrons. The smallest absolute Gasteiger partial charge is 0.259 e. The fourth-order valence-corrected chi connectivity index (χ4v) is 4.84. The molecule has 1 N–H and O–H groups in total. The van der Waals surface area contributed by atoms with Gasteiger partial charge in [-0.25, -0.2) is 0 Å². The molecule has 3 aromatic carbocycles. The lowest BCUT2D eigenvalue weighted by Gasteiger charge is -2.27. The van der Waals surface area contributed by atoms with Gasteiger partial charge in [-0.15, -0.1) is 0 Å². The quantitative estimate of drug-likeness (QED) is 0.479. The molecule has 6 nitrogen and oxygen atoms in total. The van der Waals surface area contributed by atoms with Gasteiger partial charge in [0.15, 0.2) is 0 Å². The maximum atomic E-state index is 13.7. The van der Waals surface area contributed by atoms with E-state index in [1.807, 2.05) is 57.4 Å². The van der Waals surface area contributed by atoms with Crippen LogP contribution in [0.4, 0.5) is 11.4 Å². The number of hydrogen-bond acceptors (Lipinski definition) is 4. The summed E-state index contributed by atoms with van der Waals surface area (Å²) in [6, 6.07) is 18.4. The van der Waals surface area contributed by atoms with Gasteiger partial charge < -0.3 is 19.9 Å². The molecule has 1 unspecified atom stereocenters. The largest absolute Gasteiger partial charge is 0.497 e. The highest BCUT2D eigenvalue weighted by atomic mass is 35.5. The van der Waals surface area contributed by atoms with E-state index in [4.69, 9.17) is 16.3 Å². The molecule has 0 aromatic heterocycles. The third kappa shape index (κ3) is 5.19. The zero-order valence-corrected chi connectivity index (χ0v) is 21.2. The number of carbonyl (C=O) groups excluding carboxylic acids is 2. The third-order valence-corrected chi connectivity index (χ3v) is 6.77. The number of fused-ring (bicyclic) bond motifs is 1. The van der Waals surface area contributed by atoms with Crippen molar-refractivity contribution in [2.45, 2.75) is 25.8 Å². The monoisotopic (exact) mass is 491 g/mol. The molecule has 35 heavy (non-hydrogen) atoms. The summed E-state index contributed by atoms with van der Waals surface area (Å²) < 4.78 is 5.46. The van der Waals surface area contributed by atoms with E-state index in [-0.39, 0.29) is 17.9 Å². The Hall–Kier alpha value is -3.35. The number of amides is 2. The Morgan fingerprint density at radius 2 is 1.83 bits per heavy atom. The van der Waals surface area contributed by atoms with Gasteiger partial charge in [-0.2, -0.15) is 0 Å². The van der Waals surface area contributed by atoms with Crippen molar-refractivity contribution >= 4 is 34.8 Å². The highest BCUT2D eigenvalue weighted by Gasteiger charge is 2.29. The second-order valence-electron chi connectivity index (χ2n) is 8.97. The molecule has 0 spiro atoms. The predicted molar refractivity (Wildman–Crippen MR) is 141 cm³/mol. The van der Waals surface area contributed by atoms with Crippen LogP contribution in [0.1, 0.15) is 50.7 Å². The molecule has 0 saturated heterocycles. The molecule has 7 heteroatoms. The number of halogens is 1. The van der Waals surface area contributed by atoms with Gasteiger partial charge >= 0.3 is 0 Å². The van der Waals surface area contributed by atoms with E-state index in [2.05, 4.69) is 10.2 Å². The molecule has 0 fully saturated rings. The highest BCUT2D eigenvalue weighted by molar-refractivity contribution is 6.35. The van der Waals surface area contributed by atoms with Gasteiger partial charge in [0.05, 0.1) is 17.7 Å². The fraction of sp³-hybridized carbons (Fsp3) is 0.286. The van der Waals surface area contributed by atoms with Gasteiger partial charge in [-0.1, -0.05) is 29.8 Å². The number of anilines is 2. The van der Waals surface area contributed by atoms with Crippen LogP contribution in [0, 0.1) is 6.92 Å². The van der Waals surface area contributed by atoms with E-state index >= 15 is 0 Å². The SMILES string of the molecule is COc1ccc2c(c1)C(N(C)C)CCCN2C(=O)c1ccc(NC(=O)c2ccccc2C)cc1Cl. The molecule has 1 atom stereocenters. The van der Waals surface area contributed by atoms with Crippen molar-refractivity contribution in [1.82, 2.24) is 4.90 Å². The van der Waals surface area contributed by atoms with Gasteiger partial charge in [-0.05, 0) is 87.5 Å². The fourth-order valence-electron chi connectivity index (χ4n) is 4.58. The minimum atomic E-state index is -0.219. The van der Waals surface area contributed by atoms with Crippen molar-refractivity contribution in [1.29, 1.82) is 0 Å². The maximum Gasteiger partial charge on any atom is 0.259 e. The van der Waals surface area contributed by atoms with Gasteiger partial charge in [0, 0.05) is 29.5 Å². The number of benzene rings is 3. The van der Waals surface area contributed by atoms with E-state index < -0.39 is 0 Å². The molecule has 1 aliphatic rings. The van der Waals surface area contributed by atoms with Crippen LogP contribution in [0.3, 0.4) is 0 Å². The number of ether oxygens (including phenoxy) is 1. The first kappa shape index (κ1) is 24.8. The highest BCUT2D eigenvalue weighted by Crippen LogP contribution is 2.39. The Labute approximate surface area is 211 Å². The van der Waals surface area contributed by atoms with E-state index in [0.717, 1.165) is 35.4 Å². The summed E-state index contributed by atoms with van der Waals surface area (Å²) in [5, 5.41) is 3.17. The van der Waals surface area contributed by atoms with E-state index in [1.54, 1.807) is 36.3 Å². The summed E-state index contributed by atoms with van der Waals surface area (Å²) in [6.07, 6.45) is 1.78. The zero-order chi connectivity index (χ0) is 25.1. The van der Waals surface area contributed by atoms with Crippen LogP contribution in [-0.4, -0.2) is 44.5 Å². The minimum absolute atomic E-state index is 0.169. The molecule has 0 bridgehead atoms. The van der Waals surface area contributed by atoms with Gasteiger partial charge in [-0.3, -0.25) is 9.59 Å². The number of carbonyl (C=O) groups is 2. The first-order chi connectivity index (χ1) is 16.8. The minimum Gasteiger partial charge on any atom is -0.497 e. The number of methoxy groups -OCH3 is 1. The van der Waals surface area contributed by atoms with Crippen LogP contribution >= 0.6 is 11.6 Å². The average molecular weight is 492 g/mol. The molecule has 1 heterocycles. The van der Waals surface area contributed by atoms with Crippen LogP contribution in [0.2, 0.25) is 5.02 Å². The topological polar surface area (TPSA) is 61.9 Å². The summed E-state index contributed by atoms with van der Waals surface area (Å²) >= 11 is 6.57. The summed E-state index contributed by atoms with van der Waals surface area (Å²) in [4.78, 5) is 30.3. The van der Waals surface area contributed by atoms with Crippen molar-refractivity contribution in [2.24, 2.45) is 0 Å². The van der Waals surface area contributed by atoms with E-state index in [9.17, 15) is 9.59 Å². The maximum absolute atomic E-state index is 13.7. The second-order valence-corrected chi connectivity index (χ2v) is 9.37. The number of rotatable bonds is 5. The Bertz CT molecular complexity index is 1260. The number of nitrogens with zero attached hydrogens (tertiary/aromatic N) is 2. The first-order valence-corrected chi connectivity index (χ1v) is 12.0. The number of nitrogens with one attached hydrogen (secondary N) is 1. The first-order valence-electron chi connectivity index (χ1n) is 11.6. The molecule has 3 aromatic rings. The Balaban J connectivity index is 1.62. The average Bonchev–Trinajstić information content (AvgIpc) is 3.03. The molecular formula is C28H30ClN3O3. The molecule has 0 aliphatic carbocycles. The Morgan fingerprint density at radius 1 is 1.06 bits per heavy atom. The Kier molecular flexibility index (Phi) is 7.43. The summed E-state index contributed by atoms with van der Waals surface area (Å²) in [6.45, 7) is 2.48. The lowest BCUT2D eigenvalue weighted by Crippen LogP contribution is -2.32. The summed E-state index contributed by atoms with van der Waals surface area (Å²) in [5.41, 5.74) is 4.32. The van der Waals surface area contributed by atoms with Crippen molar-refractivity contribution in [3.63, 3.8) is 0 Å². The summed E-state index contributed by atoms with van der Waals surface area (Å²) in [5.74, 6) is 0.373. The molecule has 0 saturated carbocycles. The van der Waals surface area contributed by atoms with Crippen molar-refractivity contribution < 1.29 is 14.3 Å². The van der Waals surface area contributed by atoms with Gasteiger partial charge in [0.25, 0.3) is 11.8 Å². The van der Waals surface area contributed by atoms with Gasteiger partial charge in [0.2, 0.25) is 0 Å². The summed E-state index contributed by atoms with van der Waals surface area (Å²) in [7, 11) is 5.74. The Morgan fingerprint density at radius 3 is 2.51 bits per heavy atom. The lowest BCUT2D eigenvalue weighted by atomic mass is 10.00. The van der Waals surface area contributed by atoms with Gasteiger partial charge in [0.1, 0.15) is 5.75 Å². The van der Waals surface area contributed by atoms with Crippen LogP contribution in [0.5, 0.6) is 5.75 Å². The van der Waals surface area contributed by atoms with Crippen LogP contribution in [-0.2, 0) is 0 Å². The lowest BCUT2D eigenvalue weighted by molar-refractivity contribution is 0.0985. The number of hydrogen-bond donors (Lipinski definition) is 1. The second kappa shape index (κ2) is 10.5. The zero-order valence-electron chi connectivity index (χ0n) is 20.5. The molecule has 1 aliphatic heterocycles. The van der Waals surface area contributed by atoms with Crippen LogP contribution < -0.4 is 15.0 Å². The molecular weight excluding hydrogens is 462 g/mol. The van der Waals surface area contributed by atoms with E-state index in [0.29, 0.717) is 28.4 Å². The van der Waals surface area contributed by atoms with Crippen molar-refractivity contribution in [2.75, 3.05) is 38.0 Å². The predicted octanol–water partition coefficient (Wildman–Crippen LogP) is 5.95. The van der Waals surface area contributed by atoms with Crippen LogP contribution in [0.25, 0.3) is 0 Å². The van der Waals surface area contributed by atoms with E-state index in [1.165, 1.54) is 0 Å². The molecule has 4 rings (SSSR count). The molecule has 182 valence electrons. The van der Waals surface area contributed by atoms with Crippen LogP contribution in [0.15, 0.2) is 60.7 Å². The normalized spacial score (nSPS) is 15.4. The number of aryl methyl sites for hydroxylation is 1. The standard InChI is InChI=1S/C28H30ClN3O3/c1-18-8-5-6-9-21(18)27(33)30-19-11-13-22(24(29)16-19)28(34)32-15-7-10-25(31(2)3)23-17-20(35-4)12-14-26(23)32/h5-6,8-9,11-14,16-17,25H,7,10,15H2,1-4H3,(H,30,33). The third-order valence-electron chi connectivity index (χ3n) is 6.46. The van der Waals surface area contributed by atoms with Crippen molar-refractivity contribution in [3.8, 4) is 5.75 Å². The molecule has 2 amide bonds. The van der Waals surface area contributed by atoms with Crippen molar-refractivity contribution in [3.05, 3.63) is 87.9 Å².